The zero-order valence-corrected chi connectivity index (χ0v) is 20.5. The van der Waals surface area contributed by atoms with E-state index in [1.54, 1.807) is 7.11 Å². The van der Waals surface area contributed by atoms with Crippen molar-refractivity contribution in [3.63, 3.8) is 0 Å². The molecule has 6 heteroatoms. The molecule has 1 saturated heterocycles. The highest BCUT2D eigenvalue weighted by Gasteiger charge is 2.42. The SMILES string of the molecule is COc1ccc(N[C@@H](CC(=O)c2ccccc2)[C@H](OCc2ccccc2)[C@H]2COC(C)(C)O2)cc1. The summed E-state index contributed by atoms with van der Waals surface area (Å²) >= 11 is 0. The van der Waals surface area contributed by atoms with Gasteiger partial charge in [-0.05, 0) is 43.7 Å². The summed E-state index contributed by atoms with van der Waals surface area (Å²) in [7, 11) is 1.64. The fraction of sp³-hybridized carbons (Fsp3) is 0.345. The average molecular weight is 476 g/mol. The Kier molecular flexibility index (Phi) is 8.18. The summed E-state index contributed by atoms with van der Waals surface area (Å²) < 4.78 is 23.9. The van der Waals surface area contributed by atoms with Gasteiger partial charge in [-0.3, -0.25) is 4.79 Å². The van der Waals surface area contributed by atoms with E-state index in [9.17, 15) is 4.79 Å². The summed E-state index contributed by atoms with van der Waals surface area (Å²) in [6.07, 6.45) is -0.546. The fourth-order valence-electron chi connectivity index (χ4n) is 4.22. The van der Waals surface area contributed by atoms with E-state index in [1.807, 2.05) is 98.8 Å². The molecule has 3 aromatic carbocycles. The molecule has 0 spiro atoms. The van der Waals surface area contributed by atoms with Crippen LogP contribution in [0.4, 0.5) is 5.69 Å². The number of nitrogens with one attached hydrogen (secondary N) is 1. The van der Waals surface area contributed by atoms with E-state index in [-0.39, 0.29) is 24.3 Å². The molecule has 0 amide bonds. The number of ketones is 1. The molecule has 0 bridgehead atoms. The van der Waals surface area contributed by atoms with Crippen LogP contribution in [0.3, 0.4) is 0 Å². The third-order valence-corrected chi connectivity index (χ3v) is 6.02. The lowest BCUT2D eigenvalue weighted by Gasteiger charge is -2.32. The first-order chi connectivity index (χ1) is 16.9. The summed E-state index contributed by atoms with van der Waals surface area (Å²) in [5, 5.41) is 3.53. The first-order valence-electron chi connectivity index (χ1n) is 11.9. The van der Waals surface area contributed by atoms with Crippen molar-refractivity contribution in [3.8, 4) is 5.75 Å². The van der Waals surface area contributed by atoms with Crippen molar-refractivity contribution in [2.45, 2.75) is 50.9 Å². The zero-order valence-electron chi connectivity index (χ0n) is 20.5. The smallest absolute Gasteiger partial charge is 0.165 e. The zero-order chi connectivity index (χ0) is 24.7. The minimum Gasteiger partial charge on any atom is -0.497 e. The molecule has 0 saturated carbocycles. The molecule has 0 aliphatic carbocycles. The Morgan fingerprint density at radius 2 is 1.66 bits per heavy atom. The number of anilines is 1. The Labute approximate surface area is 207 Å². The third-order valence-electron chi connectivity index (χ3n) is 6.02. The lowest BCUT2D eigenvalue weighted by Crippen LogP contribution is -2.46. The van der Waals surface area contributed by atoms with Gasteiger partial charge in [-0.1, -0.05) is 60.7 Å². The maximum absolute atomic E-state index is 13.3. The van der Waals surface area contributed by atoms with Gasteiger partial charge in [0.15, 0.2) is 11.6 Å². The molecule has 1 aliphatic rings. The standard InChI is InChI=1S/C29H33NO5/c1-29(2)34-20-27(35-29)28(33-19-21-10-6-4-7-11-21)25(18-26(31)22-12-8-5-9-13-22)30-23-14-16-24(32-3)17-15-23/h4-17,25,27-28,30H,18-20H2,1-3H3/t25-,27+,28-/m0/s1. The van der Waals surface area contributed by atoms with Crippen LogP contribution < -0.4 is 10.1 Å². The molecule has 6 nitrogen and oxygen atoms in total. The molecule has 3 atom stereocenters. The van der Waals surface area contributed by atoms with Gasteiger partial charge in [0.05, 0.1) is 26.4 Å². The van der Waals surface area contributed by atoms with Crippen molar-refractivity contribution in [2.24, 2.45) is 0 Å². The van der Waals surface area contributed by atoms with Gasteiger partial charge in [-0.2, -0.15) is 0 Å². The normalized spacial score (nSPS) is 18.5. The van der Waals surface area contributed by atoms with Crippen LogP contribution in [0.5, 0.6) is 5.75 Å². The highest BCUT2D eigenvalue weighted by atomic mass is 16.7. The Bertz CT molecular complexity index is 1070. The average Bonchev–Trinajstić information content (AvgIpc) is 3.24. The number of ether oxygens (including phenoxy) is 4. The molecule has 1 N–H and O–H groups in total. The molecular weight excluding hydrogens is 442 g/mol. The molecular formula is C29H33NO5. The van der Waals surface area contributed by atoms with Crippen molar-refractivity contribution < 1.29 is 23.7 Å². The van der Waals surface area contributed by atoms with E-state index in [2.05, 4.69) is 5.32 Å². The number of hydrogen-bond acceptors (Lipinski definition) is 6. The van der Waals surface area contributed by atoms with Gasteiger partial charge in [-0.15, -0.1) is 0 Å². The number of benzene rings is 3. The summed E-state index contributed by atoms with van der Waals surface area (Å²) in [5.74, 6) is 0.0781. The lowest BCUT2D eigenvalue weighted by molar-refractivity contribution is -0.159. The van der Waals surface area contributed by atoms with Crippen molar-refractivity contribution in [1.82, 2.24) is 0 Å². The van der Waals surface area contributed by atoms with Crippen molar-refractivity contribution in [1.29, 1.82) is 0 Å². The lowest BCUT2D eigenvalue weighted by atomic mass is 9.96. The van der Waals surface area contributed by atoms with E-state index in [4.69, 9.17) is 18.9 Å². The highest BCUT2D eigenvalue weighted by Crippen LogP contribution is 2.30. The van der Waals surface area contributed by atoms with Gasteiger partial charge in [0.25, 0.3) is 0 Å². The van der Waals surface area contributed by atoms with Crippen molar-refractivity contribution in [2.75, 3.05) is 19.0 Å². The minimum atomic E-state index is -0.715. The topological polar surface area (TPSA) is 66.0 Å². The number of carbonyl (C=O) groups is 1. The van der Waals surface area contributed by atoms with E-state index in [0.29, 0.717) is 18.8 Å². The molecule has 3 aromatic rings. The quantitative estimate of drug-likeness (QED) is 0.370. The van der Waals surface area contributed by atoms with Gasteiger partial charge in [0.2, 0.25) is 0 Å². The minimum absolute atomic E-state index is 0.0306. The predicted octanol–water partition coefficient (Wildman–Crippen LogP) is 5.49. The molecule has 1 aliphatic heterocycles. The molecule has 0 unspecified atom stereocenters. The Morgan fingerprint density at radius 1 is 1.00 bits per heavy atom. The summed E-state index contributed by atoms with van der Waals surface area (Å²) in [6, 6.07) is 26.6. The van der Waals surface area contributed by atoms with Gasteiger partial charge in [-0.25, -0.2) is 0 Å². The Hall–Kier alpha value is -3.19. The Morgan fingerprint density at radius 3 is 2.26 bits per heavy atom. The van der Waals surface area contributed by atoms with Crippen LogP contribution in [0, 0.1) is 0 Å². The van der Waals surface area contributed by atoms with Crippen LogP contribution >= 0.6 is 0 Å². The highest BCUT2D eigenvalue weighted by molar-refractivity contribution is 5.96. The number of methoxy groups -OCH3 is 1. The monoisotopic (exact) mass is 475 g/mol. The first-order valence-corrected chi connectivity index (χ1v) is 11.9. The third kappa shape index (κ3) is 6.92. The number of hydrogen-bond donors (Lipinski definition) is 1. The van der Waals surface area contributed by atoms with Gasteiger partial charge in [0, 0.05) is 17.7 Å². The van der Waals surface area contributed by atoms with Gasteiger partial charge < -0.3 is 24.3 Å². The summed E-state index contributed by atoms with van der Waals surface area (Å²) in [4.78, 5) is 13.3. The van der Waals surface area contributed by atoms with Crippen LogP contribution in [-0.4, -0.2) is 43.5 Å². The first kappa shape index (κ1) is 24.9. The molecule has 1 fully saturated rings. The Balaban J connectivity index is 1.61. The van der Waals surface area contributed by atoms with Crippen LogP contribution in [0.2, 0.25) is 0 Å². The van der Waals surface area contributed by atoms with Crippen molar-refractivity contribution in [3.05, 3.63) is 96.1 Å². The van der Waals surface area contributed by atoms with Crippen molar-refractivity contribution >= 4 is 11.5 Å². The second-order valence-corrected chi connectivity index (χ2v) is 9.10. The molecule has 184 valence electrons. The molecule has 0 aromatic heterocycles. The van der Waals surface area contributed by atoms with E-state index < -0.39 is 11.9 Å². The fourth-order valence-corrected chi connectivity index (χ4v) is 4.22. The van der Waals surface area contributed by atoms with Gasteiger partial charge in [0.1, 0.15) is 18.0 Å². The van der Waals surface area contributed by atoms with E-state index in [0.717, 1.165) is 17.0 Å². The van der Waals surface area contributed by atoms with E-state index >= 15 is 0 Å². The van der Waals surface area contributed by atoms with E-state index in [1.165, 1.54) is 0 Å². The summed E-state index contributed by atoms with van der Waals surface area (Å²) in [6.45, 7) is 4.56. The largest absolute Gasteiger partial charge is 0.497 e. The van der Waals surface area contributed by atoms with Crippen LogP contribution in [0.25, 0.3) is 0 Å². The molecule has 1 heterocycles. The van der Waals surface area contributed by atoms with Crippen LogP contribution in [0.15, 0.2) is 84.9 Å². The maximum atomic E-state index is 13.3. The summed E-state index contributed by atoms with van der Waals surface area (Å²) in [5.41, 5.74) is 2.58. The molecule has 0 radical (unpaired) electrons. The second-order valence-electron chi connectivity index (χ2n) is 9.10. The second kappa shape index (κ2) is 11.5. The van der Waals surface area contributed by atoms with Crippen LogP contribution in [0.1, 0.15) is 36.2 Å². The number of carbonyl (C=O) groups excluding carboxylic acids is 1. The number of rotatable bonds is 11. The predicted molar refractivity (Wildman–Crippen MR) is 136 cm³/mol. The van der Waals surface area contributed by atoms with Gasteiger partial charge >= 0.3 is 0 Å². The molecule has 4 rings (SSSR count). The molecule has 35 heavy (non-hydrogen) atoms. The van der Waals surface area contributed by atoms with Crippen LogP contribution in [-0.2, 0) is 20.8 Å². The number of Topliss-reactive ketones (excluding diaryl/α,β-unsaturated/α-hetero) is 1. The maximum Gasteiger partial charge on any atom is 0.165 e.